The Morgan fingerprint density at radius 1 is 1.80 bits per heavy atom. The Morgan fingerprint density at radius 3 is 2.00 bits per heavy atom. The summed E-state index contributed by atoms with van der Waals surface area (Å²) in [5, 5.41) is 0. The molecule has 0 atom stereocenters. The van der Waals surface area contributed by atoms with Gasteiger partial charge in [-0.2, -0.15) is 0 Å². The molecule has 0 fully saturated rings. The van der Waals surface area contributed by atoms with Crippen molar-refractivity contribution >= 4 is 0 Å². The molecular formula is C3H7O2. The van der Waals surface area contributed by atoms with E-state index in [0.29, 0.717) is 0 Å². The third-order valence-electron chi connectivity index (χ3n) is 0.167. The number of hydrogen-bond donors (Lipinski definition) is 1. The van der Waals surface area contributed by atoms with Crippen LogP contribution < -0.4 is 0 Å². The summed E-state index contributed by atoms with van der Waals surface area (Å²) in [6.45, 7) is 3.26. The lowest BCUT2D eigenvalue weighted by atomic mass is 11.2. The quantitative estimate of drug-likeness (QED) is 0.455. The van der Waals surface area contributed by atoms with Crippen LogP contribution in [0.2, 0.25) is 0 Å². The average Bonchev–Trinajstić information content (AvgIpc) is 1.37. The van der Waals surface area contributed by atoms with Crippen molar-refractivity contribution in [1.29, 1.82) is 0 Å². The van der Waals surface area contributed by atoms with E-state index < -0.39 is 0 Å². The first kappa shape index (κ1) is 8.82. The normalized spacial score (nSPS) is 4.20. The molecule has 31 valence electrons. The van der Waals surface area contributed by atoms with E-state index >= 15 is 0 Å². The van der Waals surface area contributed by atoms with Gasteiger partial charge >= 0.3 is 0 Å². The maximum Gasteiger partial charge on any atom is 0.0766 e. The molecule has 0 aromatic heterocycles. The first-order valence-corrected chi connectivity index (χ1v) is 1.05. The van der Waals surface area contributed by atoms with Gasteiger partial charge in [0.05, 0.1) is 13.4 Å². The summed E-state index contributed by atoms with van der Waals surface area (Å²) in [6.07, 6.45) is 1.38. The van der Waals surface area contributed by atoms with Crippen molar-refractivity contribution in [2.75, 3.05) is 7.11 Å². The molecule has 0 unspecified atom stereocenters. The largest absolute Gasteiger partial charge is 0.505 e. The smallest absolute Gasteiger partial charge is 0.0766 e. The SMILES string of the molecule is C=COC.[OH]. The summed E-state index contributed by atoms with van der Waals surface area (Å²) in [7, 11) is 1.56. The van der Waals surface area contributed by atoms with Crippen molar-refractivity contribution in [3.05, 3.63) is 12.8 Å². The van der Waals surface area contributed by atoms with Crippen molar-refractivity contribution in [1.82, 2.24) is 0 Å². The highest BCUT2D eigenvalue weighted by atomic mass is 16.5. The van der Waals surface area contributed by atoms with Crippen LogP contribution in [-0.4, -0.2) is 12.6 Å². The van der Waals surface area contributed by atoms with E-state index in [9.17, 15) is 0 Å². The number of methoxy groups -OCH3 is 1. The summed E-state index contributed by atoms with van der Waals surface area (Å²) in [5.41, 5.74) is 0. The van der Waals surface area contributed by atoms with Gasteiger partial charge in [0.1, 0.15) is 0 Å². The summed E-state index contributed by atoms with van der Waals surface area (Å²) >= 11 is 0. The van der Waals surface area contributed by atoms with E-state index in [4.69, 9.17) is 0 Å². The lowest BCUT2D eigenvalue weighted by molar-refractivity contribution is 0.339. The maximum atomic E-state index is 4.31. The van der Waals surface area contributed by atoms with Gasteiger partial charge in [-0.1, -0.05) is 6.58 Å². The second kappa shape index (κ2) is 9.72. The Kier molecular flexibility index (Phi) is 17.1. The molecule has 0 aromatic rings. The van der Waals surface area contributed by atoms with Gasteiger partial charge in [0, 0.05) is 0 Å². The summed E-state index contributed by atoms with van der Waals surface area (Å²) in [5.74, 6) is 0. The van der Waals surface area contributed by atoms with Gasteiger partial charge in [0.2, 0.25) is 0 Å². The minimum Gasteiger partial charge on any atom is -0.505 e. The van der Waals surface area contributed by atoms with Gasteiger partial charge in [0.15, 0.2) is 0 Å². The van der Waals surface area contributed by atoms with Crippen molar-refractivity contribution in [2.24, 2.45) is 0 Å². The van der Waals surface area contributed by atoms with Crippen LogP contribution in [0.1, 0.15) is 0 Å². The van der Waals surface area contributed by atoms with Crippen molar-refractivity contribution in [3.63, 3.8) is 0 Å². The molecule has 1 N–H and O–H groups in total. The molecule has 0 saturated heterocycles. The van der Waals surface area contributed by atoms with E-state index in [1.165, 1.54) is 6.26 Å². The predicted molar refractivity (Wildman–Crippen MR) is 19.1 cm³/mol. The Balaban J connectivity index is 0. The molecule has 2 heteroatoms. The third kappa shape index (κ3) is 31.5. The van der Waals surface area contributed by atoms with Gasteiger partial charge in [-0.05, 0) is 0 Å². The minimum atomic E-state index is 0. The Bertz CT molecular complexity index is 18.9. The Labute approximate surface area is 31.4 Å². The maximum absolute atomic E-state index is 4.31. The minimum absolute atomic E-state index is 0. The van der Waals surface area contributed by atoms with Crippen LogP contribution in [0.3, 0.4) is 0 Å². The molecule has 0 spiro atoms. The van der Waals surface area contributed by atoms with E-state index in [0.717, 1.165) is 0 Å². The molecule has 0 rings (SSSR count). The van der Waals surface area contributed by atoms with Crippen LogP contribution in [-0.2, 0) is 4.74 Å². The van der Waals surface area contributed by atoms with Gasteiger partial charge in [-0.25, -0.2) is 0 Å². The second-order valence-electron chi connectivity index (χ2n) is 0.402. The van der Waals surface area contributed by atoms with E-state index in [-0.39, 0.29) is 5.48 Å². The zero-order valence-electron chi connectivity index (χ0n) is 3.14. The van der Waals surface area contributed by atoms with Gasteiger partial charge < -0.3 is 4.74 Å². The van der Waals surface area contributed by atoms with Gasteiger partial charge in [-0.15, -0.1) is 0 Å². The molecule has 5 heavy (non-hydrogen) atoms. The third-order valence-corrected chi connectivity index (χ3v) is 0.167. The summed E-state index contributed by atoms with van der Waals surface area (Å²) in [6, 6.07) is 0. The van der Waals surface area contributed by atoms with Gasteiger partial charge in [-0.3, -0.25) is 5.48 Å². The fourth-order valence-corrected chi connectivity index (χ4v) is 0. The molecular weight excluding hydrogens is 68.0 g/mol. The molecule has 0 aliphatic rings. The van der Waals surface area contributed by atoms with E-state index in [1.807, 2.05) is 0 Å². The molecule has 0 amide bonds. The number of hydrogen-bond acceptors (Lipinski definition) is 1. The fourth-order valence-electron chi connectivity index (χ4n) is 0. The first-order chi connectivity index (χ1) is 1.91. The Morgan fingerprint density at radius 2 is 2.00 bits per heavy atom. The van der Waals surface area contributed by atoms with Crippen molar-refractivity contribution in [2.45, 2.75) is 0 Å². The molecule has 1 radical (unpaired) electrons. The van der Waals surface area contributed by atoms with Crippen LogP contribution in [0.25, 0.3) is 0 Å². The molecule has 0 saturated carbocycles. The van der Waals surface area contributed by atoms with Gasteiger partial charge in [0.25, 0.3) is 0 Å². The van der Waals surface area contributed by atoms with Crippen LogP contribution >= 0.6 is 0 Å². The lowest BCUT2D eigenvalue weighted by Gasteiger charge is -1.73. The van der Waals surface area contributed by atoms with Crippen LogP contribution in [0.4, 0.5) is 0 Å². The van der Waals surface area contributed by atoms with E-state index in [2.05, 4.69) is 11.3 Å². The fraction of sp³-hybridized carbons (Fsp3) is 0.333. The highest BCUT2D eigenvalue weighted by Crippen LogP contribution is 1.52. The standard InChI is InChI=1S/C3H6O.HO/c1-3-4-2;/h3H,1H2,2H3;1H. The van der Waals surface area contributed by atoms with E-state index in [1.54, 1.807) is 7.11 Å². The zero-order valence-corrected chi connectivity index (χ0v) is 3.14. The van der Waals surface area contributed by atoms with Crippen LogP contribution in [0.15, 0.2) is 12.8 Å². The molecule has 0 heterocycles. The van der Waals surface area contributed by atoms with Crippen molar-refractivity contribution in [3.8, 4) is 0 Å². The Hall–Kier alpha value is -0.500. The topological polar surface area (TPSA) is 39.2 Å². The highest BCUT2D eigenvalue weighted by molar-refractivity contribution is 4.43. The molecule has 0 bridgehead atoms. The predicted octanol–water partition coefficient (Wildman–Crippen LogP) is 0.600. The van der Waals surface area contributed by atoms with Crippen LogP contribution in [0, 0.1) is 0 Å². The molecule has 2 nitrogen and oxygen atoms in total. The molecule has 0 aromatic carbocycles. The second-order valence-corrected chi connectivity index (χ2v) is 0.402. The monoisotopic (exact) mass is 75.0 g/mol. The number of rotatable bonds is 1. The van der Waals surface area contributed by atoms with Crippen LogP contribution in [0.5, 0.6) is 0 Å². The number of ether oxygens (including phenoxy) is 1. The molecule has 0 aliphatic heterocycles. The lowest BCUT2D eigenvalue weighted by Crippen LogP contribution is -1.54. The first-order valence-electron chi connectivity index (χ1n) is 1.05. The zero-order chi connectivity index (χ0) is 3.41. The molecule has 0 aliphatic carbocycles. The average molecular weight is 75.1 g/mol. The summed E-state index contributed by atoms with van der Waals surface area (Å²) in [4.78, 5) is 0. The highest BCUT2D eigenvalue weighted by Gasteiger charge is 1.36. The summed E-state index contributed by atoms with van der Waals surface area (Å²) < 4.78 is 4.31. The van der Waals surface area contributed by atoms with Crippen molar-refractivity contribution < 1.29 is 10.2 Å².